The molecule has 35 heavy (non-hydrogen) atoms. The number of nitrogens with zero attached hydrogens (tertiary/aromatic N) is 7. The Bertz CT molecular complexity index is 1250. The van der Waals surface area contributed by atoms with Crippen LogP contribution in [-0.4, -0.2) is 74.6 Å². The molecule has 0 unspecified atom stereocenters. The molecule has 0 spiro atoms. The summed E-state index contributed by atoms with van der Waals surface area (Å²) in [4.78, 5) is 17.5. The van der Waals surface area contributed by atoms with Crippen LogP contribution in [0.25, 0.3) is 22.7 Å². The molecule has 182 valence electrons. The second kappa shape index (κ2) is 11.0. The lowest BCUT2D eigenvalue weighted by Crippen LogP contribution is -2.54. The van der Waals surface area contributed by atoms with Crippen LogP contribution in [0.4, 0.5) is 8.78 Å². The summed E-state index contributed by atoms with van der Waals surface area (Å²) in [6, 6.07) is 11.2. The van der Waals surface area contributed by atoms with E-state index < -0.39 is 12.3 Å². The molecule has 4 aromatic rings. The molecule has 1 aliphatic rings. The summed E-state index contributed by atoms with van der Waals surface area (Å²) in [6.07, 6.45) is 1.16. The molecule has 0 bridgehead atoms. The Kier molecular flexibility index (Phi) is 7.63. The van der Waals surface area contributed by atoms with E-state index >= 15 is 0 Å². The van der Waals surface area contributed by atoms with Gasteiger partial charge >= 0.3 is 6.43 Å². The number of aldehydes is 1. The molecular weight excluding hydrogens is 458 g/mol. The Morgan fingerprint density at radius 2 is 2.00 bits per heavy atom. The molecule has 0 radical (unpaired) electrons. The van der Waals surface area contributed by atoms with Gasteiger partial charge in [-0.15, -0.1) is 15.3 Å². The number of halogens is 2. The van der Waals surface area contributed by atoms with E-state index in [2.05, 4.69) is 42.8 Å². The number of carbonyl (C=O) groups is 1. The highest BCUT2D eigenvalue weighted by molar-refractivity contribution is 5.78. The first-order valence-electron chi connectivity index (χ1n) is 10.8. The van der Waals surface area contributed by atoms with Crippen LogP contribution < -0.4 is 5.32 Å². The summed E-state index contributed by atoms with van der Waals surface area (Å²) in [7, 11) is 4.14. The Morgan fingerprint density at radius 1 is 1.17 bits per heavy atom. The number of rotatable bonds is 7. The van der Waals surface area contributed by atoms with E-state index in [1.165, 1.54) is 19.3 Å². The number of hydrogen-bond acceptors (Lipinski definition) is 9. The minimum atomic E-state index is -2.82. The van der Waals surface area contributed by atoms with Crippen LogP contribution in [0.2, 0.25) is 0 Å². The number of carbonyl (C=O) groups excluding carboxylic acids is 1. The molecule has 1 aromatic carbocycles. The molecule has 4 heterocycles. The Hall–Kier alpha value is -3.90. The zero-order valence-electron chi connectivity index (χ0n) is 19.2. The van der Waals surface area contributed by atoms with Gasteiger partial charge in [-0.25, -0.2) is 4.68 Å². The first-order chi connectivity index (χ1) is 16.9. The van der Waals surface area contributed by atoms with Gasteiger partial charge in [0.05, 0.1) is 24.0 Å². The predicted molar refractivity (Wildman–Crippen MR) is 123 cm³/mol. The average molecular weight is 482 g/mol. The van der Waals surface area contributed by atoms with E-state index in [4.69, 9.17) is 4.42 Å². The number of alkyl halides is 2. The molecule has 3 aromatic heterocycles. The van der Waals surface area contributed by atoms with Crippen molar-refractivity contribution in [3.8, 4) is 22.7 Å². The minimum absolute atomic E-state index is 0.0209. The molecule has 1 N–H and O–H groups in total. The van der Waals surface area contributed by atoms with Crippen molar-refractivity contribution in [2.24, 2.45) is 0 Å². The van der Waals surface area contributed by atoms with Gasteiger partial charge < -0.3 is 14.6 Å². The molecule has 5 rings (SSSR count). The summed E-state index contributed by atoms with van der Waals surface area (Å²) >= 11 is 0. The molecular formula is C23H24F2N8O2. The highest BCUT2D eigenvalue weighted by Crippen LogP contribution is 2.23. The fourth-order valence-corrected chi connectivity index (χ4v) is 3.41. The van der Waals surface area contributed by atoms with E-state index in [0.717, 1.165) is 17.9 Å². The van der Waals surface area contributed by atoms with Crippen molar-refractivity contribution in [1.29, 1.82) is 0 Å². The van der Waals surface area contributed by atoms with Crippen molar-refractivity contribution in [2.75, 3.05) is 27.2 Å². The number of aromatic nitrogens is 6. The second-order valence-corrected chi connectivity index (χ2v) is 8.04. The lowest BCUT2D eigenvalue weighted by molar-refractivity contribution is 0.112. The van der Waals surface area contributed by atoms with Crippen molar-refractivity contribution in [3.05, 3.63) is 65.9 Å². The normalized spacial score (nSPS) is 13.9. The third kappa shape index (κ3) is 6.16. The van der Waals surface area contributed by atoms with Crippen LogP contribution >= 0.6 is 0 Å². The van der Waals surface area contributed by atoms with Crippen molar-refractivity contribution in [2.45, 2.75) is 19.0 Å². The van der Waals surface area contributed by atoms with Gasteiger partial charge in [-0.3, -0.25) is 9.78 Å². The summed E-state index contributed by atoms with van der Waals surface area (Å²) in [6.45, 7) is 2.79. The number of benzene rings is 1. The average Bonchev–Trinajstić information content (AvgIpc) is 3.53. The third-order valence-electron chi connectivity index (χ3n) is 5.35. The van der Waals surface area contributed by atoms with Crippen molar-refractivity contribution >= 4 is 6.29 Å². The molecule has 0 saturated carbocycles. The zero-order valence-corrected chi connectivity index (χ0v) is 19.2. The van der Waals surface area contributed by atoms with Gasteiger partial charge in [0.25, 0.3) is 5.89 Å². The van der Waals surface area contributed by atoms with E-state index in [0.29, 0.717) is 29.1 Å². The van der Waals surface area contributed by atoms with E-state index in [1.54, 1.807) is 41.2 Å². The maximum Gasteiger partial charge on any atom is 0.314 e. The Labute approximate surface area is 200 Å². The highest BCUT2D eigenvalue weighted by atomic mass is 19.3. The predicted octanol–water partition coefficient (Wildman–Crippen LogP) is 2.71. The summed E-state index contributed by atoms with van der Waals surface area (Å²) < 4.78 is 31.5. The number of likely N-dealkylation sites (N-methyl/N-ethyl adjacent to an activating group) is 2. The number of pyridine rings is 1. The Morgan fingerprint density at radius 3 is 2.60 bits per heavy atom. The Balaban J connectivity index is 0.000000356. The maximum absolute atomic E-state index is 12.5. The zero-order chi connectivity index (χ0) is 24.8. The van der Waals surface area contributed by atoms with Crippen LogP contribution in [-0.2, 0) is 6.54 Å². The van der Waals surface area contributed by atoms with Gasteiger partial charge in [-0.2, -0.15) is 8.78 Å². The van der Waals surface area contributed by atoms with Crippen LogP contribution in [0.1, 0.15) is 28.4 Å². The van der Waals surface area contributed by atoms with Crippen molar-refractivity contribution in [1.82, 2.24) is 40.4 Å². The van der Waals surface area contributed by atoms with E-state index in [9.17, 15) is 13.6 Å². The third-order valence-corrected chi connectivity index (χ3v) is 5.35. The molecule has 1 saturated heterocycles. The quantitative estimate of drug-likeness (QED) is 0.397. The van der Waals surface area contributed by atoms with Gasteiger partial charge in [-0.1, -0.05) is 23.4 Å². The molecule has 0 atom stereocenters. The van der Waals surface area contributed by atoms with Gasteiger partial charge in [0.2, 0.25) is 5.89 Å². The first-order valence-corrected chi connectivity index (χ1v) is 10.8. The lowest BCUT2D eigenvalue weighted by atomic mass is 10.1. The molecule has 0 aliphatic carbocycles. The molecule has 10 nitrogen and oxygen atoms in total. The van der Waals surface area contributed by atoms with Crippen molar-refractivity contribution < 1.29 is 18.0 Å². The number of nitrogens with one attached hydrogen (secondary N) is 1. The topological polar surface area (TPSA) is 115 Å². The van der Waals surface area contributed by atoms with Crippen molar-refractivity contribution in [3.63, 3.8) is 0 Å². The monoisotopic (exact) mass is 482 g/mol. The fraction of sp³-hybridized carbons (Fsp3) is 0.304. The minimum Gasteiger partial charge on any atom is -0.415 e. The summed E-state index contributed by atoms with van der Waals surface area (Å²) in [5.41, 5.74) is 3.08. The lowest BCUT2D eigenvalue weighted by Gasteiger charge is -2.35. The van der Waals surface area contributed by atoms with Crippen LogP contribution in [0.5, 0.6) is 0 Å². The van der Waals surface area contributed by atoms with Crippen LogP contribution in [0.15, 0.2) is 53.2 Å². The maximum atomic E-state index is 12.5. The first kappa shape index (κ1) is 24.2. The smallest absolute Gasteiger partial charge is 0.314 e. The van der Waals surface area contributed by atoms with E-state index in [1.807, 2.05) is 13.1 Å². The fourth-order valence-electron chi connectivity index (χ4n) is 3.41. The number of likely N-dealkylation sites (tertiary alicyclic amines) is 1. The highest BCUT2D eigenvalue weighted by Gasteiger charge is 2.20. The van der Waals surface area contributed by atoms with E-state index in [-0.39, 0.29) is 5.89 Å². The molecule has 0 amide bonds. The number of hydrogen-bond donors (Lipinski definition) is 1. The standard InChI is InChI=1S/C18H12F2N6O2.C5H12N2/c19-16(20)18-24-23-17(28-18)13-4-5-14(21-7-13)8-26-9-15(22-25-26)12-3-1-2-11(6-12)10-27;1-6-5-3-7(2)4-5/h1-7,9-10,16H,8H2;5-6H,3-4H2,1-2H3. The largest absolute Gasteiger partial charge is 0.415 e. The second-order valence-electron chi connectivity index (χ2n) is 8.04. The van der Waals surface area contributed by atoms with Gasteiger partial charge in [0.1, 0.15) is 12.0 Å². The SMILES string of the molecule is CNC1CN(C)C1.O=Cc1cccc(-c2cn(Cc3ccc(-c4nnc(C(F)F)o4)cn3)nn2)c1. The van der Waals surface area contributed by atoms with Gasteiger partial charge in [0, 0.05) is 36.5 Å². The van der Waals surface area contributed by atoms with Gasteiger partial charge in [-0.05, 0) is 32.3 Å². The summed E-state index contributed by atoms with van der Waals surface area (Å²) in [5, 5.41) is 18.2. The summed E-state index contributed by atoms with van der Waals surface area (Å²) in [5.74, 6) is -0.750. The van der Waals surface area contributed by atoms with Gasteiger partial charge in [0.15, 0.2) is 0 Å². The van der Waals surface area contributed by atoms with Crippen LogP contribution in [0, 0.1) is 0 Å². The van der Waals surface area contributed by atoms with Crippen LogP contribution in [0.3, 0.4) is 0 Å². The molecule has 1 fully saturated rings. The molecule has 1 aliphatic heterocycles. The molecule has 12 heteroatoms.